The normalized spacial score (nSPS) is 11.8. The third-order valence-corrected chi connectivity index (χ3v) is 4.88. The first kappa shape index (κ1) is 19.9. The number of benzene rings is 3. The Morgan fingerprint density at radius 3 is 2.10 bits per heavy atom. The first-order valence-electron chi connectivity index (χ1n) is 9.20. The first-order valence-corrected chi connectivity index (χ1v) is 9.20. The van der Waals surface area contributed by atoms with Crippen molar-refractivity contribution in [2.45, 2.75) is 5.60 Å². The molecule has 1 amide bonds. The second-order valence-electron chi connectivity index (χ2n) is 6.76. The Balaban J connectivity index is 1.79. The van der Waals surface area contributed by atoms with E-state index in [9.17, 15) is 25.1 Å². The molecule has 0 radical (unpaired) electrons. The maximum absolute atomic E-state index is 13.1. The molecule has 0 unspecified atom stereocenters. The number of amides is 1. The molecule has 4 rings (SSSR count). The summed E-state index contributed by atoms with van der Waals surface area (Å²) >= 11 is 0. The number of aromatic hydroxyl groups is 1. The molecule has 0 saturated heterocycles. The number of aromatic nitrogens is 1. The molecule has 3 aromatic carbocycles. The summed E-state index contributed by atoms with van der Waals surface area (Å²) in [6, 6.07) is 20.5. The van der Waals surface area contributed by atoms with E-state index in [1.165, 1.54) is 18.2 Å². The molecule has 0 spiro atoms. The van der Waals surface area contributed by atoms with Gasteiger partial charge in [-0.1, -0.05) is 60.7 Å². The van der Waals surface area contributed by atoms with Gasteiger partial charge in [-0.05, 0) is 17.2 Å². The molecule has 0 aliphatic rings. The topological polar surface area (TPSA) is 141 Å². The number of azo groups is 1. The van der Waals surface area contributed by atoms with Crippen molar-refractivity contribution in [1.29, 1.82) is 0 Å². The van der Waals surface area contributed by atoms with Crippen LogP contribution in [0.2, 0.25) is 0 Å². The molecule has 9 nitrogen and oxygen atoms in total. The van der Waals surface area contributed by atoms with Crippen molar-refractivity contribution in [3.05, 3.63) is 100 Å². The molecular weight excluding hydrogens is 400 g/mol. The maximum atomic E-state index is 13.1. The van der Waals surface area contributed by atoms with Crippen LogP contribution >= 0.6 is 0 Å². The van der Waals surface area contributed by atoms with E-state index in [1.54, 1.807) is 60.7 Å². The minimum Gasteiger partial charge on any atom is -0.493 e. The van der Waals surface area contributed by atoms with Crippen LogP contribution in [-0.2, 0) is 10.4 Å². The number of H-pyrrole nitrogens is 1. The molecule has 3 N–H and O–H groups in total. The van der Waals surface area contributed by atoms with Crippen LogP contribution in [0.3, 0.4) is 0 Å². The molecule has 0 atom stereocenters. The molecule has 0 aliphatic carbocycles. The van der Waals surface area contributed by atoms with Gasteiger partial charge in [0, 0.05) is 17.5 Å². The molecule has 1 aromatic heterocycles. The van der Waals surface area contributed by atoms with Gasteiger partial charge in [0.25, 0.3) is 5.69 Å². The van der Waals surface area contributed by atoms with Gasteiger partial charge in [-0.25, -0.2) is 0 Å². The quantitative estimate of drug-likeness (QED) is 0.252. The van der Waals surface area contributed by atoms with E-state index in [-0.39, 0.29) is 16.8 Å². The Morgan fingerprint density at radius 1 is 0.968 bits per heavy atom. The summed E-state index contributed by atoms with van der Waals surface area (Å²) in [7, 11) is 0. The van der Waals surface area contributed by atoms with Gasteiger partial charge in [0.05, 0.1) is 10.4 Å². The van der Waals surface area contributed by atoms with E-state index in [1.807, 2.05) is 0 Å². The number of hydrogen-bond donors (Lipinski definition) is 3. The minimum atomic E-state index is -2.11. The van der Waals surface area contributed by atoms with Crippen molar-refractivity contribution < 1.29 is 19.9 Å². The minimum absolute atomic E-state index is 0.143. The zero-order valence-electron chi connectivity index (χ0n) is 16.0. The molecule has 0 fully saturated rings. The number of nitrogens with one attached hydrogen (secondary N) is 1. The van der Waals surface area contributed by atoms with Gasteiger partial charge in [0.15, 0.2) is 11.3 Å². The Labute approximate surface area is 175 Å². The lowest BCUT2D eigenvalue weighted by atomic mass is 9.86. The van der Waals surface area contributed by atoms with Gasteiger partial charge in [-0.2, -0.15) is 0 Å². The lowest BCUT2D eigenvalue weighted by molar-refractivity contribution is -0.384. The number of non-ortho nitro benzene ring substituents is 1. The van der Waals surface area contributed by atoms with Crippen molar-refractivity contribution in [3.63, 3.8) is 0 Å². The summed E-state index contributed by atoms with van der Waals surface area (Å²) < 4.78 is 0. The Hall–Kier alpha value is -4.37. The molecule has 154 valence electrons. The lowest BCUT2D eigenvalue weighted by Gasteiger charge is -2.25. The Bertz CT molecular complexity index is 1260. The van der Waals surface area contributed by atoms with Gasteiger partial charge < -0.3 is 15.2 Å². The summed E-state index contributed by atoms with van der Waals surface area (Å²) in [5, 5.41) is 40.3. The van der Waals surface area contributed by atoms with E-state index in [2.05, 4.69) is 15.2 Å². The first-order chi connectivity index (χ1) is 14.9. The number of fused-ring (bicyclic) bond motifs is 1. The second-order valence-corrected chi connectivity index (χ2v) is 6.76. The van der Waals surface area contributed by atoms with Crippen LogP contribution in [-0.4, -0.2) is 26.0 Å². The van der Waals surface area contributed by atoms with Gasteiger partial charge in [-0.3, -0.25) is 14.9 Å². The second kappa shape index (κ2) is 7.81. The smallest absolute Gasteiger partial charge is 0.305 e. The highest BCUT2D eigenvalue weighted by atomic mass is 16.6. The van der Waals surface area contributed by atoms with Crippen molar-refractivity contribution in [3.8, 4) is 5.88 Å². The largest absolute Gasteiger partial charge is 0.493 e. The van der Waals surface area contributed by atoms with Crippen LogP contribution < -0.4 is 0 Å². The third-order valence-electron chi connectivity index (χ3n) is 4.88. The van der Waals surface area contributed by atoms with Crippen molar-refractivity contribution >= 4 is 28.2 Å². The van der Waals surface area contributed by atoms with E-state index >= 15 is 0 Å². The zero-order chi connectivity index (χ0) is 22.0. The molecule has 0 bridgehead atoms. The fourth-order valence-electron chi connectivity index (χ4n) is 3.31. The van der Waals surface area contributed by atoms with Gasteiger partial charge in [-0.15, -0.1) is 10.2 Å². The number of rotatable bonds is 5. The average Bonchev–Trinajstić information content (AvgIpc) is 3.12. The molecule has 1 heterocycles. The van der Waals surface area contributed by atoms with E-state index in [4.69, 9.17) is 0 Å². The average molecular weight is 416 g/mol. The fraction of sp³-hybridized carbons (Fsp3) is 0.0455. The highest BCUT2D eigenvalue weighted by Crippen LogP contribution is 2.38. The van der Waals surface area contributed by atoms with Crippen LogP contribution in [0.15, 0.2) is 89.1 Å². The number of nitro groups is 1. The Morgan fingerprint density at radius 2 is 1.55 bits per heavy atom. The summed E-state index contributed by atoms with van der Waals surface area (Å²) in [5.41, 5.74) is -1.49. The number of aliphatic hydroxyl groups is 1. The molecule has 0 aliphatic heterocycles. The predicted molar refractivity (Wildman–Crippen MR) is 112 cm³/mol. The monoisotopic (exact) mass is 416 g/mol. The molecule has 4 aromatic rings. The lowest BCUT2D eigenvalue weighted by Crippen LogP contribution is -2.35. The maximum Gasteiger partial charge on any atom is 0.305 e. The predicted octanol–water partition coefficient (Wildman–Crippen LogP) is 4.33. The number of carbonyl (C=O) groups excluding carboxylic acids is 1. The third kappa shape index (κ3) is 3.53. The van der Waals surface area contributed by atoms with Crippen LogP contribution in [0, 0.1) is 10.1 Å². The van der Waals surface area contributed by atoms with Gasteiger partial charge in [0.1, 0.15) is 0 Å². The van der Waals surface area contributed by atoms with Gasteiger partial charge >= 0.3 is 5.91 Å². The number of aromatic amines is 1. The molecule has 9 heteroatoms. The van der Waals surface area contributed by atoms with E-state index in [0.717, 1.165) is 0 Å². The van der Waals surface area contributed by atoms with Crippen LogP contribution in [0.5, 0.6) is 5.88 Å². The highest BCUT2D eigenvalue weighted by Gasteiger charge is 2.40. The van der Waals surface area contributed by atoms with Crippen molar-refractivity contribution in [2.75, 3.05) is 0 Å². The summed E-state index contributed by atoms with van der Waals surface area (Å²) in [6.45, 7) is 0. The molecular formula is C22H16N4O5. The SMILES string of the molecule is O=C(N=Nc1c(O)[nH]c2ccc([N+](=O)[O-])cc12)C(O)(c1ccccc1)c1ccccc1. The Kier molecular flexibility index (Phi) is 5.02. The van der Waals surface area contributed by atoms with Crippen LogP contribution in [0.4, 0.5) is 11.4 Å². The summed E-state index contributed by atoms with van der Waals surface area (Å²) in [5.74, 6) is -1.39. The number of nitrogens with zero attached hydrogens (tertiary/aromatic N) is 3. The number of hydrogen-bond acceptors (Lipinski definition) is 6. The van der Waals surface area contributed by atoms with Gasteiger partial charge in [0.2, 0.25) is 5.88 Å². The van der Waals surface area contributed by atoms with Crippen LogP contribution in [0.1, 0.15) is 11.1 Å². The van der Waals surface area contributed by atoms with Crippen molar-refractivity contribution in [1.82, 2.24) is 4.98 Å². The fourth-order valence-corrected chi connectivity index (χ4v) is 3.31. The van der Waals surface area contributed by atoms with Crippen LogP contribution in [0.25, 0.3) is 10.9 Å². The summed E-state index contributed by atoms with van der Waals surface area (Å²) in [6.07, 6.45) is 0. The molecule has 31 heavy (non-hydrogen) atoms. The summed E-state index contributed by atoms with van der Waals surface area (Å²) in [4.78, 5) is 26.2. The van der Waals surface area contributed by atoms with E-state index in [0.29, 0.717) is 16.6 Å². The standard InChI is InChI=1S/C22H16N4O5/c27-20-19(17-13-16(26(30)31)11-12-18(17)23-20)24-25-21(28)22(29,14-7-3-1-4-8-14)15-9-5-2-6-10-15/h1-13,23,27,29H. The number of nitro benzene ring substituents is 1. The number of carbonyl (C=O) groups is 1. The van der Waals surface area contributed by atoms with Crippen molar-refractivity contribution in [2.24, 2.45) is 10.2 Å². The highest BCUT2D eigenvalue weighted by molar-refractivity contribution is 5.96. The van der Waals surface area contributed by atoms with E-state index < -0.39 is 22.3 Å². The zero-order valence-corrected chi connectivity index (χ0v) is 16.0. The molecule has 0 saturated carbocycles.